The van der Waals surface area contributed by atoms with Gasteiger partial charge in [-0.25, -0.2) is 0 Å². The van der Waals surface area contributed by atoms with Gasteiger partial charge in [-0.15, -0.1) is 0 Å². The summed E-state index contributed by atoms with van der Waals surface area (Å²) < 4.78 is 0. The fourth-order valence-electron chi connectivity index (χ4n) is 4.02. The van der Waals surface area contributed by atoms with Crippen molar-refractivity contribution in [2.75, 3.05) is 0 Å². The van der Waals surface area contributed by atoms with Crippen LogP contribution < -0.4 is 5.32 Å². The molecule has 0 aromatic heterocycles. The molecule has 18 heavy (non-hydrogen) atoms. The Labute approximate surface area is 115 Å². The van der Waals surface area contributed by atoms with E-state index in [1.807, 2.05) is 0 Å². The van der Waals surface area contributed by atoms with E-state index in [0.717, 1.165) is 17.9 Å². The summed E-state index contributed by atoms with van der Waals surface area (Å²) in [6.45, 7) is 16.6. The monoisotopic (exact) mass is 253 g/mol. The lowest BCUT2D eigenvalue weighted by Gasteiger charge is -2.42. The Morgan fingerprint density at radius 2 is 1.56 bits per heavy atom. The Morgan fingerprint density at radius 3 is 2.06 bits per heavy atom. The Bertz CT molecular complexity index is 247. The highest BCUT2D eigenvalue weighted by atomic mass is 15.0. The van der Waals surface area contributed by atoms with Gasteiger partial charge in [0, 0.05) is 11.6 Å². The van der Waals surface area contributed by atoms with E-state index in [4.69, 9.17) is 0 Å². The van der Waals surface area contributed by atoms with E-state index in [9.17, 15) is 0 Å². The van der Waals surface area contributed by atoms with E-state index < -0.39 is 0 Å². The summed E-state index contributed by atoms with van der Waals surface area (Å²) in [6.07, 6.45) is 6.87. The van der Waals surface area contributed by atoms with Gasteiger partial charge in [0.2, 0.25) is 0 Å². The van der Waals surface area contributed by atoms with Crippen molar-refractivity contribution in [3.63, 3.8) is 0 Å². The van der Waals surface area contributed by atoms with Crippen LogP contribution in [0, 0.1) is 17.3 Å². The summed E-state index contributed by atoms with van der Waals surface area (Å²) in [7, 11) is 0. The molecule has 1 aliphatic rings. The van der Waals surface area contributed by atoms with Crippen LogP contribution >= 0.6 is 0 Å². The summed E-state index contributed by atoms with van der Waals surface area (Å²) in [5, 5.41) is 3.98. The summed E-state index contributed by atoms with van der Waals surface area (Å²) >= 11 is 0. The summed E-state index contributed by atoms with van der Waals surface area (Å²) in [5.41, 5.74) is 0.659. The van der Waals surface area contributed by atoms with Crippen molar-refractivity contribution >= 4 is 0 Å². The van der Waals surface area contributed by atoms with E-state index in [1.165, 1.54) is 32.1 Å². The lowest BCUT2D eigenvalue weighted by Crippen LogP contribution is -2.52. The van der Waals surface area contributed by atoms with Crippen LogP contribution in [0.4, 0.5) is 0 Å². The van der Waals surface area contributed by atoms with E-state index in [2.05, 4.69) is 53.8 Å². The first-order valence-corrected chi connectivity index (χ1v) is 7.88. The first kappa shape index (κ1) is 16.0. The largest absolute Gasteiger partial charge is 0.309 e. The molecule has 0 spiro atoms. The molecular weight excluding hydrogens is 218 g/mol. The molecule has 0 heterocycles. The van der Waals surface area contributed by atoms with Crippen LogP contribution in [0.3, 0.4) is 0 Å². The molecule has 0 bridgehead atoms. The Morgan fingerprint density at radius 1 is 1.00 bits per heavy atom. The van der Waals surface area contributed by atoms with Crippen molar-refractivity contribution in [3.8, 4) is 0 Å². The van der Waals surface area contributed by atoms with E-state index in [0.29, 0.717) is 5.41 Å². The average Bonchev–Trinajstić information content (AvgIpc) is 2.13. The molecule has 1 nitrogen and oxygen atoms in total. The highest BCUT2D eigenvalue weighted by Crippen LogP contribution is 2.33. The van der Waals surface area contributed by atoms with Gasteiger partial charge in [-0.3, -0.25) is 0 Å². The molecule has 2 unspecified atom stereocenters. The zero-order valence-electron chi connectivity index (χ0n) is 13.8. The smallest absolute Gasteiger partial charge is 0.0132 e. The van der Waals surface area contributed by atoms with E-state index >= 15 is 0 Å². The van der Waals surface area contributed by atoms with Crippen LogP contribution in [0.15, 0.2) is 0 Å². The fourth-order valence-corrected chi connectivity index (χ4v) is 4.02. The van der Waals surface area contributed by atoms with Gasteiger partial charge in [0.25, 0.3) is 0 Å². The van der Waals surface area contributed by atoms with Crippen LogP contribution in [0.2, 0.25) is 0 Å². The molecule has 1 fully saturated rings. The fraction of sp³-hybridized carbons (Fsp3) is 1.00. The van der Waals surface area contributed by atoms with Crippen molar-refractivity contribution in [2.24, 2.45) is 17.3 Å². The lowest BCUT2D eigenvalue weighted by molar-refractivity contribution is 0.144. The van der Waals surface area contributed by atoms with Gasteiger partial charge < -0.3 is 5.32 Å². The van der Waals surface area contributed by atoms with Gasteiger partial charge in [0.1, 0.15) is 0 Å². The molecule has 1 saturated carbocycles. The van der Waals surface area contributed by atoms with Crippen LogP contribution in [-0.4, -0.2) is 11.6 Å². The second-order valence-corrected chi connectivity index (χ2v) is 8.56. The average molecular weight is 253 g/mol. The molecule has 0 radical (unpaired) electrons. The Kier molecular flexibility index (Phi) is 5.29. The van der Waals surface area contributed by atoms with Crippen molar-refractivity contribution in [1.82, 2.24) is 5.32 Å². The summed E-state index contributed by atoms with van der Waals surface area (Å²) in [5.74, 6) is 1.69. The number of nitrogens with one attached hydrogen (secondary N) is 1. The van der Waals surface area contributed by atoms with Crippen LogP contribution in [0.25, 0.3) is 0 Å². The van der Waals surface area contributed by atoms with Crippen LogP contribution in [0.5, 0.6) is 0 Å². The molecule has 0 aliphatic heterocycles. The first-order chi connectivity index (χ1) is 8.11. The standard InChI is InChI=1S/C17H35N/c1-13(2)14-10-8-9-11-15(14)18-17(6,7)12-16(3,4)5/h13-15,18H,8-12H2,1-7H3. The molecule has 0 aromatic carbocycles. The number of hydrogen-bond acceptors (Lipinski definition) is 1. The topological polar surface area (TPSA) is 12.0 Å². The molecule has 0 saturated heterocycles. The molecular formula is C17H35N. The maximum Gasteiger partial charge on any atom is 0.0132 e. The van der Waals surface area contributed by atoms with Crippen molar-refractivity contribution in [3.05, 3.63) is 0 Å². The maximum absolute atomic E-state index is 3.98. The summed E-state index contributed by atoms with van der Waals surface area (Å²) in [4.78, 5) is 0. The molecule has 1 heteroatoms. The molecule has 2 atom stereocenters. The number of rotatable bonds is 4. The second-order valence-electron chi connectivity index (χ2n) is 8.56. The van der Waals surface area contributed by atoms with Gasteiger partial charge in [0.15, 0.2) is 0 Å². The maximum atomic E-state index is 3.98. The normalized spacial score (nSPS) is 26.7. The van der Waals surface area contributed by atoms with Crippen molar-refractivity contribution in [2.45, 2.75) is 92.2 Å². The molecule has 0 amide bonds. The first-order valence-electron chi connectivity index (χ1n) is 7.88. The van der Waals surface area contributed by atoms with Crippen LogP contribution in [-0.2, 0) is 0 Å². The minimum atomic E-state index is 0.257. The van der Waals surface area contributed by atoms with Gasteiger partial charge in [-0.1, -0.05) is 47.5 Å². The Hall–Kier alpha value is -0.0400. The van der Waals surface area contributed by atoms with Gasteiger partial charge in [0.05, 0.1) is 0 Å². The van der Waals surface area contributed by atoms with Gasteiger partial charge in [-0.2, -0.15) is 0 Å². The third kappa shape index (κ3) is 5.30. The zero-order valence-corrected chi connectivity index (χ0v) is 13.8. The highest BCUT2D eigenvalue weighted by Gasteiger charge is 2.33. The summed E-state index contributed by atoms with van der Waals surface area (Å²) in [6, 6.07) is 0.732. The van der Waals surface area contributed by atoms with Gasteiger partial charge >= 0.3 is 0 Å². The van der Waals surface area contributed by atoms with E-state index in [-0.39, 0.29) is 5.54 Å². The van der Waals surface area contributed by atoms with Crippen molar-refractivity contribution < 1.29 is 0 Å². The minimum Gasteiger partial charge on any atom is -0.309 e. The molecule has 108 valence electrons. The van der Waals surface area contributed by atoms with Crippen molar-refractivity contribution in [1.29, 1.82) is 0 Å². The SMILES string of the molecule is CC(C)C1CCCCC1NC(C)(C)CC(C)(C)C. The number of hydrogen-bond donors (Lipinski definition) is 1. The van der Waals surface area contributed by atoms with E-state index in [1.54, 1.807) is 0 Å². The quantitative estimate of drug-likeness (QED) is 0.743. The van der Waals surface area contributed by atoms with Gasteiger partial charge in [-0.05, 0) is 50.4 Å². The molecule has 1 rings (SSSR count). The zero-order chi connectivity index (χ0) is 14.0. The molecule has 1 aliphatic carbocycles. The molecule has 0 aromatic rings. The third-order valence-corrected chi connectivity index (χ3v) is 4.22. The predicted octanol–water partition coefficient (Wildman–Crippen LogP) is 5.01. The molecule has 1 N–H and O–H groups in total. The predicted molar refractivity (Wildman–Crippen MR) is 81.9 cm³/mol. The Balaban J connectivity index is 2.63. The minimum absolute atomic E-state index is 0.257. The lowest BCUT2D eigenvalue weighted by atomic mass is 9.75. The van der Waals surface area contributed by atoms with Crippen LogP contribution in [0.1, 0.15) is 80.6 Å². The highest BCUT2D eigenvalue weighted by molar-refractivity contribution is 4.91. The third-order valence-electron chi connectivity index (χ3n) is 4.22. The second kappa shape index (κ2) is 5.94.